The quantitative estimate of drug-likeness (QED) is 0.921. The van der Waals surface area contributed by atoms with E-state index < -0.39 is 0 Å². The summed E-state index contributed by atoms with van der Waals surface area (Å²) in [6, 6.07) is 6.03. The van der Waals surface area contributed by atoms with E-state index in [4.69, 9.17) is 27.9 Å². The van der Waals surface area contributed by atoms with Crippen molar-refractivity contribution in [1.29, 1.82) is 0 Å². The van der Waals surface area contributed by atoms with Crippen molar-refractivity contribution in [2.24, 2.45) is 5.41 Å². The second-order valence-electron chi connectivity index (χ2n) is 5.53. The fourth-order valence-corrected chi connectivity index (χ4v) is 3.88. The maximum absolute atomic E-state index is 6.15. The van der Waals surface area contributed by atoms with Crippen molar-refractivity contribution in [2.75, 3.05) is 26.8 Å². The van der Waals surface area contributed by atoms with E-state index in [9.17, 15) is 0 Å². The molecule has 0 spiro atoms. The fraction of sp³-hybridized carbons (Fsp3) is 0.571. The lowest BCUT2D eigenvalue weighted by molar-refractivity contribution is 0.112. The first kappa shape index (κ1) is 12.7. The van der Waals surface area contributed by atoms with Crippen molar-refractivity contribution in [3.8, 4) is 0 Å². The monoisotopic (exact) mass is 285 g/mol. The molecule has 18 heavy (non-hydrogen) atoms. The summed E-state index contributed by atoms with van der Waals surface area (Å²) in [6.45, 7) is 2.91. The van der Waals surface area contributed by atoms with Crippen LogP contribution in [-0.2, 0) is 10.2 Å². The molecule has 1 saturated heterocycles. The standard InChI is InChI=1S/C14H17Cl2NO/c1-18-9-13-4-5-17-8-14(13,7-13)10-2-3-11(15)12(16)6-10/h2-3,6,17H,4-5,7-9H2,1H3/t13-,14-/m1/s1. The molecule has 1 heterocycles. The molecule has 2 atom stereocenters. The van der Waals surface area contributed by atoms with E-state index in [-0.39, 0.29) is 5.41 Å². The number of piperidine rings is 1. The Balaban J connectivity index is 1.97. The molecule has 2 fully saturated rings. The first-order valence-corrected chi connectivity index (χ1v) is 7.04. The summed E-state index contributed by atoms with van der Waals surface area (Å²) in [4.78, 5) is 0. The minimum Gasteiger partial charge on any atom is -0.384 e. The number of hydrogen-bond donors (Lipinski definition) is 1. The van der Waals surface area contributed by atoms with Gasteiger partial charge in [0.05, 0.1) is 16.7 Å². The Morgan fingerprint density at radius 2 is 2.17 bits per heavy atom. The van der Waals surface area contributed by atoms with Crippen LogP contribution in [0.25, 0.3) is 0 Å². The minimum atomic E-state index is 0.190. The normalized spacial score (nSPS) is 34.2. The number of halogens is 2. The zero-order valence-corrected chi connectivity index (χ0v) is 11.9. The van der Waals surface area contributed by atoms with Crippen LogP contribution in [0.4, 0.5) is 0 Å². The van der Waals surface area contributed by atoms with Crippen molar-refractivity contribution in [1.82, 2.24) is 5.32 Å². The Hall–Kier alpha value is -0.280. The van der Waals surface area contributed by atoms with Crippen LogP contribution in [0, 0.1) is 5.41 Å². The van der Waals surface area contributed by atoms with Crippen LogP contribution in [0.5, 0.6) is 0 Å². The van der Waals surface area contributed by atoms with Crippen molar-refractivity contribution in [2.45, 2.75) is 18.3 Å². The molecule has 0 bridgehead atoms. The molecule has 0 amide bonds. The van der Waals surface area contributed by atoms with Gasteiger partial charge in [-0.15, -0.1) is 0 Å². The van der Waals surface area contributed by atoms with Crippen LogP contribution in [0.15, 0.2) is 18.2 Å². The summed E-state index contributed by atoms with van der Waals surface area (Å²) in [6.07, 6.45) is 2.35. The Morgan fingerprint density at radius 3 is 2.89 bits per heavy atom. The molecule has 2 nitrogen and oxygen atoms in total. The van der Waals surface area contributed by atoms with E-state index in [1.807, 2.05) is 12.1 Å². The molecule has 1 aliphatic carbocycles. The van der Waals surface area contributed by atoms with E-state index >= 15 is 0 Å². The van der Waals surface area contributed by atoms with Gasteiger partial charge in [-0.2, -0.15) is 0 Å². The predicted molar refractivity (Wildman–Crippen MR) is 74.6 cm³/mol. The number of fused-ring (bicyclic) bond motifs is 1. The molecule has 2 aliphatic rings. The van der Waals surface area contributed by atoms with Crippen molar-refractivity contribution < 1.29 is 4.74 Å². The summed E-state index contributed by atoms with van der Waals surface area (Å²) in [5.41, 5.74) is 1.78. The van der Waals surface area contributed by atoms with Crippen molar-refractivity contribution in [3.05, 3.63) is 33.8 Å². The molecule has 1 saturated carbocycles. The minimum absolute atomic E-state index is 0.190. The molecule has 1 aliphatic heterocycles. The zero-order valence-electron chi connectivity index (χ0n) is 10.4. The van der Waals surface area contributed by atoms with E-state index in [2.05, 4.69) is 11.4 Å². The summed E-state index contributed by atoms with van der Waals surface area (Å²) in [5, 5.41) is 4.77. The van der Waals surface area contributed by atoms with Gasteiger partial charge in [-0.25, -0.2) is 0 Å². The van der Waals surface area contributed by atoms with Gasteiger partial charge in [0, 0.05) is 24.5 Å². The van der Waals surface area contributed by atoms with E-state index in [0.29, 0.717) is 15.5 Å². The first-order valence-electron chi connectivity index (χ1n) is 6.29. The summed E-state index contributed by atoms with van der Waals surface area (Å²) in [7, 11) is 1.79. The van der Waals surface area contributed by atoms with Crippen molar-refractivity contribution in [3.63, 3.8) is 0 Å². The largest absolute Gasteiger partial charge is 0.384 e. The van der Waals surface area contributed by atoms with Gasteiger partial charge in [0.15, 0.2) is 0 Å². The van der Waals surface area contributed by atoms with Gasteiger partial charge in [-0.05, 0) is 37.1 Å². The lowest BCUT2D eigenvalue weighted by Gasteiger charge is -2.31. The first-order chi connectivity index (χ1) is 8.63. The molecule has 3 rings (SSSR count). The van der Waals surface area contributed by atoms with Crippen LogP contribution in [0.1, 0.15) is 18.4 Å². The maximum atomic E-state index is 6.15. The van der Waals surface area contributed by atoms with E-state index in [1.54, 1.807) is 7.11 Å². The number of hydrogen-bond acceptors (Lipinski definition) is 2. The van der Waals surface area contributed by atoms with Gasteiger partial charge in [0.1, 0.15) is 0 Å². The number of nitrogens with one attached hydrogen (secondary N) is 1. The molecule has 1 N–H and O–H groups in total. The van der Waals surface area contributed by atoms with E-state index in [0.717, 1.165) is 19.7 Å². The second-order valence-corrected chi connectivity index (χ2v) is 6.34. The lowest BCUT2D eigenvalue weighted by Crippen LogP contribution is -2.40. The molecular formula is C14H17Cl2NO. The Bertz CT molecular complexity index is 475. The van der Waals surface area contributed by atoms with Crippen LogP contribution < -0.4 is 5.32 Å². The van der Waals surface area contributed by atoms with E-state index in [1.165, 1.54) is 18.4 Å². The highest BCUT2D eigenvalue weighted by Crippen LogP contribution is 2.67. The fourth-order valence-electron chi connectivity index (χ4n) is 3.58. The average Bonchev–Trinajstić information content (AvgIpc) is 3.03. The summed E-state index contributed by atoms with van der Waals surface area (Å²) < 4.78 is 5.44. The molecule has 98 valence electrons. The van der Waals surface area contributed by atoms with Crippen LogP contribution in [0.3, 0.4) is 0 Å². The third kappa shape index (κ3) is 1.70. The Labute approximate surface area is 118 Å². The Kier molecular flexibility index (Phi) is 3.10. The van der Waals surface area contributed by atoms with Gasteiger partial charge < -0.3 is 10.1 Å². The highest BCUT2D eigenvalue weighted by atomic mass is 35.5. The van der Waals surface area contributed by atoms with Crippen LogP contribution in [0.2, 0.25) is 10.0 Å². The molecular weight excluding hydrogens is 269 g/mol. The van der Waals surface area contributed by atoms with Crippen LogP contribution in [-0.4, -0.2) is 26.8 Å². The second kappa shape index (κ2) is 4.38. The SMILES string of the molecule is COC[C@]12CCNC[C@@]1(c1ccc(Cl)c(Cl)c1)C2. The molecule has 0 radical (unpaired) electrons. The highest BCUT2D eigenvalue weighted by molar-refractivity contribution is 6.42. The topological polar surface area (TPSA) is 21.3 Å². The third-order valence-corrected chi connectivity index (χ3v) is 5.37. The van der Waals surface area contributed by atoms with Gasteiger partial charge in [0.25, 0.3) is 0 Å². The maximum Gasteiger partial charge on any atom is 0.0595 e. The molecule has 4 heteroatoms. The number of methoxy groups -OCH3 is 1. The number of ether oxygens (including phenoxy) is 1. The molecule has 0 aromatic heterocycles. The van der Waals surface area contributed by atoms with Gasteiger partial charge in [-0.1, -0.05) is 29.3 Å². The highest BCUT2D eigenvalue weighted by Gasteiger charge is 2.68. The summed E-state index contributed by atoms with van der Waals surface area (Å²) >= 11 is 12.2. The third-order valence-electron chi connectivity index (χ3n) is 4.63. The van der Waals surface area contributed by atoms with Crippen molar-refractivity contribution >= 4 is 23.2 Å². The van der Waals surface area contributed by atoms with Gasteiger partial charge >= 0.3 is 0 Å². The molecule has 0 unspecified atom stereocenters. The summed E-state index contributed by atoms with van der Waals surface area (Å²) in [5.74, 6) is 0. The van der Waals surface area contributed by atoms with Gasteiger partial charge in [-0.3, -0.25) is 0 Å². The lowest BCUT2D eigenvalue weighted by atomic mass is 9.82. The molecule has 1 aromatic rings. The zero-order chi connectivity index (χ0) is 12.8. The smallest absolute Gasteiger partial charge is 0.0595 e. The van der Waals surface area contributed by atoms with Crippen LogP contribution >= 0.6 is 23.2 Å². The van der Waals surface area contributed by atoms with Gasteiger partial charge in [0.2, 0.25) is 0 Å². The number of benzene rings is 1. The Morgan fingerprint density at radius 1 is 1.33 bits per heavy atom. The predicted octanol–water partition coefficient (Wildman–Crippen LogP) is 3.26. The number of rotatable bonds is 3. The molecule has 1 aromatic carbocycles. The average molecular weight is 286 g/mol.